The predicted octanol–water partition coefficient (Wildman–Crippen LogP) is 3.90. The highest BCUT2D eigenvalue weighted by atomic mass is 79.9. The lowest BCUT2D eigenvalue weighted by molar-refractivity contribution is 0.250. The minimum absolute atomic E-state index is 0.934. The lowest BCUT2D eigenvalue weighted by Crippen LogP contribution is -2.45. The van der Waals surface area contributed by atoms with Gasteiger partial charge in [-0.25, -0.2) is 0 Å². The Morgan fingerprint density at radius 2 is 1.38 bits per heavy atom. The summed E-state index contributed by atoms with van der Waals surface area (Å²) in [4.78, 5) is 5.02. The molecule has 0 radical (unpaired) electrons. The average molecular weight is 345 g/mol. The van der Waals surface area contributed by atoms with E-state index in [1.54, 1.807) is 0 Å². The molecule has 3 heteroatoms. The second-order valence-electron chi connectivity index (χ2n) is 5.55. The summed E-state index contributed by atoms with van der Waals surface area (Å²) in [6.45, 7) is 5.56. The summed E-state index contributed by atoms with van der Waals surface area (Å²) in [7, 11) is 0. The summed E-state index contributed by atoms with van der Waals surface area (Å²) in [6, 6.07) is 19.6. The number of benzene rings is 2. The molecular formula is C18H21BrN2. The lowest BCUT2D eigenvalue weighted by atomic mass is 10.1. The van der Waals surface area contributed by atoms with Crippen molar-refractivity contribution in [2.75, 3.05) is 31.1 Å². The van der Waals surface area contributed by atoms with Crippen molar-refractivity contribution in [3.05, 3.63) is 65.7 Å². The van der Waals surface area contributed by atoms with Crippen LogP contribution in [0.15, 0.2) is 54.6 Å². The summed E-state index contributed by atoms with van der Waals surface area (Å²) in [5, 5.41) is 0.934. The van der Waals surface area contributed by atoms with E-state index in [1.807, 2.05) is 0 Å². The van der Waals surface area contributed by atoms with E-state index in [4.69, 9.17) is 0 Å². The zero-order valence-corrected chi connectivity index (χ0v) is 13.8. The third-order valence-corrected chi connectivity index (χ3v) is 4.72. The van der Waals surface area contributed by atoms with Gasteiger partial charge in [0.15, 0.2) is 0 Å². The van der Waals surface area contributed by atoms with Gasteiger partial charge in [-0.1, -0.05) is 58.4 Å². The Bertz CT molecular complexity index is 545. The molecule has 1 aliphatic heterocycles. The lowest BCUT2D eigenvalue weighted by Gasteiger charge is -2.36. The highest BCUT2D eigenvalue weighted by Crippen LogP contribution is 2.17. The van der Waals surface area contributed by atoms with Crippen molar-refractivity contribution in [1.82, 2.24) is 4.90 Å². The summed E-state index contributed by atoms with van der Waals surface area (Å²) in [5.41, 5.74) is 4.10. The van der Waals surface area contributed by atoms with Gasteiger partial charge in [-0.15, -0.1) is 0 Å². The van der Waals surface area contributed by atoms with E-state index in [-0.39, 0.29) is 0 Å². The van der Waals surface area contributed by atoms with Gasteiger partial charge in [0.2, 0.25) is 0 Å². The van der Waals surface area contributed by atoms with Crippen molar-refractivity contribution >= 4 is 21.6 Å². The van der Waals surface area contributed by atoms with E-state index < -0.39 is 0 Å². The zero-order chi connectivity index (χ0) is 14.5. The fourth-order valence-corrected chi connectivity index (χ4v) is 3.17. The zero-order valence-electron chi connectivity index (χ0n) is 12.2. The molecule has 1 aliphatic rings. The van der Waals surface area contributed by atoms with E-state index in [1.165, 1.54) is 16.8 Å². The molecule has 0 saturated carbocycles. The maximum Gasteiger partial charge on any atom is 0.0367 e. The minimum atomic E-state index is 0.934. The number of anilines is 1. The molecule has 3 rings (SSSR count). The number of hydrogen-bond acceptors (Lipinski definition) is 2. The fraction of sp³-hybridized carbons (Fsp3) is 0.333. The monoisotopic (exact) mass is 344 g/mol. The number of halogens is 1. The van der Waals surface area contributed by atoms with Gasteiger partial charge in [0.25, 0.3) is 0 Å². The molecule has 1 fully saturated rings. The van der Waals surface area contributed by atoms with Crippen molar-refractivity contribution in [3.63, 3.8) is 0 Å². The van der Waals surface area contributed by atoms with Crippen molar-refractivity contribution in [3.8, 4) is 0 Å². The first kappa shape index (κ1) is 14.6. The maximum atomic E-state index is 3.49. The van der Waals surface area contributed by atoms with Crippen molar-refractivity contribution in [2.24, 2.45) is 0 Å². The molecule has 0 spiro atoms. The molecule has 0 N–H and O–H groups in total. The molecule has 0 atom stereocenters. The van der Waals surface area contributed by atoms with Crippen molar-refractivity contribution in [2.45, 2.75) is 11.9 Å². The van der Waals surface area contributed by atoms with Gasteiger partial charge in [0.1, 0.15) is 0 Å². The summed E-state index contributed by atoms with van der Waals surface area (Å²) >= 11 is 3.49. The molecule has 0 aromatic heterocycles. The molecule has 0 amide bonds. The van der Waals surface area contributed by atoms with Crippen LogP contribution in [0.3, 0.4) is 0 Å². The molecule has 1 saturated heterocycles. The minimum Gasteiger partial charge on any atom is -0.369 e. The second-order valence-corrected chi connectivity index (χ2v) is 6.11. The number of hydrogen-bond donors (Lipinski definition) is 0. The predicted molar refractivity (Wildman–Crippen MR) is 93.0 cm³/mol. The number of alkyl halides is 1. The molecule has 2 aromatic carbocycles. The van der Waals surface area contributed by atoms with Gasteiger partial charge in [-0.2, -0.15) is 0 Å². The van der Waals surface area contributed by atoms with Gasteiger partial charge in [-0.3, -0.25) is 4.90 Å². The Labute approximate surface area is 135 Å². The highest BCUT2D eigenvalue weighted by Gasteiger charge is 2.16. The summed E-state index contributed by atoms with van der Waals surface area (Å²) in [6.07, 6.45) is 0. The molecule has 0 bridgehead atoms. The summed E-state index contributed by atoms with van der Waals surface area (Å²) < 4.78 is 0. The normalized spacial score (nSPS) is 16.1. The first-order valence-electron chi connectivity index (χ1n) is 7.51. The van der Waals surface area contributed by atoms with Crippen LogP contribution in [-0.2, 0) is 11.9 Å². The molecular weight excluding hydrogens is 324 g/mol. The Kier molecular flexibility index (Phi) is 4.94. The SMILES string of the molecule is BrCc1ccc(CN2CCN(c3ccccc3)CC2)cc1. The van der Waals surface area contributed by atoms with Crippen molar-refractivity contribution < 1.29 is 0 Å². The first-order chi connectivity index (χ1) is 10.3. The molecule has 21 heavy (non-hydrogen) atoms. The topological polar surface area (TPSA) is 6.48 Å². The number of piperazine rings is 1. The van der Waals surface area contributed by atoms with Gasteiger partial charge < -0.3 is 4.90 Å². The van der Waals surface area contributed by atoms with E-state index in [9.17, 15) is 0 Å². The van der Waals surface area contributed by atoms with Crippen molar-refractivity contribution in [1.29, 1.82) is 0 Å². The summed E-state index contributed by atoms with van der Waals surface area (Å²) in [5.74, 6) is 0. The van der Waals surface area contributed by atoms with Crippen LogP contribution in [0.4, 0.5) is 5.69 Å². The number of para-hydroxylation sites is 1. The largest absolute Gasteiger partial charge is 0.369 e. The van der Waals surface area contributed by atoms with E-state index in [0.717, 1.165) is 38.1 Å². The Morgan fingerprint density at radius 3 is 2.00 bits per heavy atom. The average Bonchev–Trinajstić information content (AvgIpc) is 2.57. The molecule has 2 aromatic rings. The van der Waals surface area contributed by atoms with Crippen LogP contribution in [0.2, 0.25) is 0 Å². The second kappa shape index (κ2) is 7.10. The van der Waals surface area contributed by atoms with Gasteiger partial charge >= 0.3 is 0 Å². The van der Waals surface area contributed by atoms with Crippen LogP contribution in [0.1, 0.15) is 11.1 Å². The maximum absolute atomic E-state index is 3.49. The molecule has 2 nitrogen and oxygen atoms in total. The smallest absolute Gasteiger partial charge is 0.0367 e. The van der Waals surface area contributed by atoms with E-state index >= 15 is 0 Å². The van der Waals surface area contributed by atoms with E-state index in [0.29, 0.717) is 0 Å². The van der Waals surface area contributed by atoms with Crippen LogP contribution < -0.4 is 4.90 Å². The Balaban J connectivity index is 1.53. The standard InChI is InChI=1S/C18H21BrN2/c19-14-16-6-8-17(9-7-16)15-20-10-12-21(13-11-20)18-4-2-1-3-5-18/h1-9H,10-15H2. The highest BCUT2D eigenvalue weighted by molar-refractivity contribution is 9.08. The third-order valence-electron chi connectivity index (χ3n) is 4.08. The van der Waals surface area contributed by atoms with E-state index in [2.05, 4.69) is 80.3 Å². The van der Waals surface area contributed by atoms with Gasteiger partial charge in [-0.05, 0) is 23.3 Å². The Hall–Kier alpha value is -1.32. The van der Waals surface area contributed by atoms with Crippen LogP contribution >= 0.6 is 15.9 Å². The first-order valence-corrected chi connectivity index (χ1v) is 8.63. The van der Waals surface area contributed by atoms with Crippen LogP contribution in [0.25, 0.3) is 0 Å². The van der Waals surface area contributed by atoms with Gasteiger partial charge in [0, 0.05) is 43.7 Å². The van der Waals surface area contributed by atoms with Crippen LogP contribution in [0.5, 0.6) is 0 Å². The van der Waals surface area contributed by atoms with Crippen LogP contribution in [0, 0.1) is 0 Å². The Morgan fingerprint density at radius 1 is 0.762 bits per heavy atom. The quantitative estimate of drug-likeness (QED) is 0.776. The molecule has 0 unspecified atom stereocenters. The molecule has 1 heterocycles. The van der Waals surface area contributed by atoms with Crippen LogP contribution in [-0.4, -0.2) is 31.1 Å². The molecule has 110 valence electrons. The molecule has 0 aliphatic carbocycles. The number of nitrogens with zero attached hydrogens (tertiary/aromatic N) is 2. The number of rotatable bonds is 4. The third kappa shape index (κ3) is 3.86. The fourth-order valence-electron chi connectivity index (χ4n) is 2.79. The van der Waals surface area contributed by atoms with Gasteiger partial charge in [0.05, 0.1) is 0 Å².